The highest BCUT2D eigenvalue weighted by Crippen LogP contribution is 2.36. The van der Waals surface area contributed by atoms with Crippen LogP contribution >= 0.6 is 0 Å². The second kappa shape index (κ2) is 4.82. The topological polar surface area (TPSA) is 12.0 Å². The van der Waals surface area contributed by atoms with Crippen molar-refractivity contribution < 1.29 is 13.2 Å². The van der Waals surface area contributed by atoms with E-state index in [1.54, 1.807) is 0 Å². The van der Waals surface area contributed by atoms with Crippen molar-refractivity contribution in [3.63, 3.8) is 0 Å². The van der Waals surface area contributed by atoms with Crippen LogP contribution in [0.4, 0.5) is 18.9 Å². The average molecular weight is 257 g/mol. The van der Waals surface area contributed by atoms with Gasteiger partial charge in [0, 0.05) is 18.2 Å². The Bertz CT molecular complexity index is 443. The standard InChI is InChI=1S/C14H18F3N/c1-14(2)5-3-4-9(8-14)18-13-7-11(16)10(15)6-12(13)17/h6-7,9,18H,3-5,8H2,1-2H3. The predicted molar refractivity (Wildman–Crippen MR) is 66.0 cm³/mol. The molecule has 1 nitrogen and oxygen atoms in total. The van der Waals surface area contributed by atoms with Gasteiger partial charge in [0.25, 0.3) is 0 Å². The van der Waals surface area contributed by atoms with Gasteiger partial charge in [-0.1, -0.05) is 20.3 Å². The van der Waals surface area contributed by atoms with Gasteiger partial charge < -0.3 is 5.32 Å². The van der Waals surface area contributed by atoms with Gasteiger partial charge in [-0.25, -0.2) is 13.2 Å². The van der Waals surface area contributed by atoms with Gasteiger partial charge in [0.1, 0.15) is 5.82 Å². The monoisotopic (exact) mass is 257 g/mol. The molecule has 18 heavy (non-hydrogen) atoms. The van der Waals surface area contributed by atoms with Gasteiger partial charge in [0.15, 0.2) is 11.6 Å². The molecule has 0 bridgehead atoms. The molecule has 1 aliphatic rings. The SMILES string of the molecule is CC1(C)CCCC(Nc2cc(F)c(F)cc2F)C1. The summed E-state index contributed by atoms with van der Waals surface area (Å²) in [6, 6.07) is 1.60. The van der Waals surface area contributed by atoms with Gasteiger partial charge in [0.2, 0.25) is 0 Å². The summed E-state index contributed by atoms with van der Waals surface area (Å²) in [7, 11) is 0. The van der Waals surface area contributed by atoms with E-state index in [1.807, 2.05) is 0 Å². The van der Waals surface area contributed by atoms with Crippen LogP contribution in [0.3, 0.4) is 0 Å². The van der Waals surface area contributed by atoms with Crippen LogP contribution in [0.5, 0.6) is 0 Å². The van der Waals surface area contributed by atoms with Crippen LogP contribution in [0.1, 0.15) is 39.5 Å². The van der Waals surface area contributed by atoms with Crippen LogP contribution in [0, 0.1) is 22.9 Å². The van der Waals surface area contributed by atoms with Gasteiger partial charge in [0.05, 0.1) is 5.69 Å². The quantitative estimate of drug-likeness (QED) is 0.770. The van der Waals surface area contributed by atoms with E-state index in [4.69, 9.17) is 0 Å². The molecule has 0 heterocycles. The van der Waals surface area contributed by atoms with E-state index in [1.165, 1.54) is 0 Å². The third kappa shape index (κ3) is 2.98. The van der Waals surface area contributed by atoms with Crippen LogP contribution in [-0.2, 0) is 0 Å². The minimum atomic E-state index is -1.15. The molecule has 0 radical (unpaired) electrons. The lowest BCUT2D eigenvalue weighted by Gasteiger charge is -2.36. The van der Waals surface area contributed by atoms with Crippen LogP contribution in [0.2, 0.25) is 0 Å². The third-order valence-corrected chi connectivity index (χ3v) is 3.57. The van der Waals surface area contributed by atoms with Crippen LogP contribution in [0.15, 0.2) is 12.1 Å². The van der Waals surface area contributed by atoms with Gasteiger partial charge in [-0.15, -0.1) is 0 Å². The fourth-order valence-electron chi connectivity index (χ4n) is 2.67. The van der Waals surface area contributed by atoms with Crippen molar-refractivity contribution in [1.29, 1.82) is 0 Å². The van der Waals surface area contributed by atoms with Crippen LogP contribution < -0.4 is 5.32 Å². The van der Waals surface area contributed by atoms with Crippen LogP contribution in [0.25, 0.3) is 0 Å². The Balaban J connectivity index is 2.12. The lowest BCUT2D eigenvalue weighted by atomic mass is 9.75. The Hall–Kier alpha value is -1.19. The summed E-state index contributed by atoms with van der Waals surface area (Å²) in [6.45, 7) is 4.34. The normalized spacial score (nSPS) is 22.8. The van der Waals surface area contributed by atoms with E-state index in [9.17, 15) is 13.2 Å². The first-order valence-corrected chi connectivity index (χ1v) is 6.28. The van der Waals surface area contributed by atoms with Crippen molar-refractivity contribution >= 4 is 5.69 Å². The molecule has 4 heteroatoms. The highest BCUT2D eigenvalue weighted by Gasteiger charge is 2.28. The lowest BCUT2D eigenvalue weighted by Crippen LogP contribution is -2.32. The maximum Gasteiger partial charge on any atom is 0.161 e. The zero-order valence-electron chi connectivity index (χ0n) is 10.7. The summed E-state index contributed by atoms with van der Waals surface area (Å²) in [4.78, 5) is 0. The van der Waals surface area contributed by atoms with E-state index < -0.39 is 17.5 Å². The molecule has 2 rings (SSSR count). The molecule has 1 aromatic rings. The smallest absolute Gasteiger partial charge is 0.161 e. The highest BCUT2D eigenvalue weighted by molar-refractivity contribution is 5.46. The molecule has 1 saturated carbocycles. The molecule has 1 atom stereocenters. The maximum absolute atomic E-state index is 13.5. The first-order valence-electron chi connectivity index (χ1n) is 6.28. The van der Waals surface area contributed by atoms with Crippen molar-refractivity contribution in [2.45, 2.75) is 45.6 Å². The number of nitrogens with one attached hydrogen (secondary N) is 1. The van der Waals surface area contributed by atoms with Gasteiger partial charge >= 0.3 is 0 Å². The second-order valence-electron chi connectivity index (χ2n) is 5.85. The molecule has 0 saturated heterocycles. The molecular formula is C14H18F3N. The molecule has 0 spiro atoms. The first kappa shape index (κ1) is 13.2. The molecule has 100 valence electrons. The number of rotatable bonds is 2. The summed E-state index contributed by atoms with van der Waals surface area (Å²) < 4.78 is 39.4. The van der Waals surface area contributed by atoms with E-state index in [0.717, 1.165) is 31.7 Å². The zero-order chi connectivity index (χ0) is 13.3. The lowest BCUT2D eigenvalue weighted by molar-refractivity contribution is 0.229. The maximum atomic E-state index is 13.5. The van der Waals surface area contributed by atoms with Crippen molar-refractivity contribution in [2.24, 2.45) is 5.41 Å². The Morgan fingerprint density at radius 2 is 1.78 bits per heavy atom. The number of halogens is 3. The zero-order valence-corrected chi connectivity index (χ0v) is 10.7. The fraction of sp³-hybridized carbons (Fsp3) is 0.571. The van der Waals surface area contributed by atoms with Crippen molar-refractivity contribution in [3.05, 3.63) is 29.6 Å². The van der Waals surface area contributed by atoms with E-state index in [-0.39, 0.29) is 17.1 Å². The number of hydrogen-bond donors (Lipinski definition) is 1. The van der Waals surface area contributed by atoms with E-state index in [0.29, 0.717) is 6.07 Å². The third-order valence-electron chi connectivity index (χ3n) is 3.57. The fourth-order valence-corrected chi connectivity index (χ4v) is 2.67. The average Bonchev–Trinajstić information content (AvgIpc) is 2.24. The van der Waals surface area contributed by atoms with Gasteiger partial charge in [-0.05, 0) is 24.7 Å². The Morgan fingerprint density at radius 1 is 1.11 bits per heavy atom. The first-order chi connectivity index (χ1) is 8.37. The summed E-state index contributed by atoms with van der Waals surface area (Å²) >= 11 is 0. The largest absolute Gasteiger partial charge is 0.380 e. The van der Waals surface area contributed by atoms with Crippen molar-refractivity contribution in [2.75, 3.05) is 5.32 Å². The molecule has 1 aromatic carbocycles. The number of benzene rings is 1. The summed E-state index contributed by atoms with van der Waals surface area (Å²) in [6.07, 6.45) is 4.05. The van der Waals surface area contributed by atoms with E-state index in [2.05, 4.69) is 19.2 Å². The van der Waals surface area contributed by atoms with Gasteiger partial charge in [-0.3, -0.25) is 0 Å². The molecule has 0 aliphatic heterocycles. The molecule has 0 amide bonds. The number of hydrogen-bond acceptors (Lipinski definition) is 1. The minimum absolute atomic E-state index is 0.0524. The van der Waals surface area contributed by atoms with Crippen LogP contribution in [-0.4, -0.2) is 6.04 Å². The predicted octanol–water partition coefficient (Wildman–Crippen LogP) is 4.48. The molecule has 1 fully saturated rings. The van der Waals surface area contributed by atoms with Crippen molar-refractivity contribution in [1.82, 2.24) is 0 Å². The summed E-state index contributed by atoms with van der Waals surface area (Å²) in [5.74, 6) is -2.91. The number of anilines is 1. The minimum Gasteiger partial charge on any atom is -0.380 e. The Labute approximate surface area is 105 Å². The Morgan fingerprint density at radius 3 is 2.44 bits per heavy atom. The molecule has 1 unspecified atom stereocenters. The summed E-state index contributed by atoms with van der Waals surface area (Å²) in [5.41, 5.74) is 0.266. The van der Waals surface area contributed by atoms with Crippen molar-refractivity contribution in [3.8, 4) is 0 Å². The molecular weight excluding hydrogens is 239 g/mol. The molecule has 1 N–H and O–H groups in total. The van der Waals surface area contributed by atoms with E-state index >= 15 is 0 Å². The summed E-state index contributed by atoms with van der Waals surface area (Å²) in [5, 5.41) is 2.99. The van der Waals surface area contributed by atoms with Gasteiger partial charge in [-0.2, -0.15) is 0 Å². The Kier molecular flexibility index (Phi) is 3.55. The molecule has 0 aromatic heterocycles. The second-order valence-corrected chi connectivity index (χ2v) is 5.85. The molecule has 1 aliphatic carbocycles. The highest BCUT2D eigenvalue weighted by atomic mass is 19.2.